The summed E-state index contributed by atoms with van der Waals surface area (Å²) in [4.78, 5) is 24.4. The number of thioether (sulfide) groups is 1. The van der Waals surface area contributed by atoms with Gasteiger partial charge in [-0.15, -0.1) is 11.8 Å². The van der Waals surface area contributed by atoms with Crippen LogP contribution in [0.5, 0.6) is 0 Å². The number of nitrogens with one attached hydrogen (secondary N) is 1. The molecule has 0 bridgehead atoms. The summed E-state index contributed by atoms with van der Waals surface area (Å²) in [7, 11) is 0. The number of amides is 1. The lowest BCUT2D eigenvalue weighted by atomic mass is 10.2. The van der Waals surface area contributed by atoms with E-state index in [4.69, 9.17) is 9.15 Å². The van der Waals surface area contributed by atoms with Crippen LogP contribution in [0.2, 0.25) is 0 Å². The van der Waals surface area contributed by atoms with Crippen molar-refractivity contribution < 1.29 is 18.7 Å². The van der Waals surface area contributed by atoms with Gasteiger partial charge in [0.05, 0.1) is 0 Å². The van der Waals surface area contributed by atoms with Crippen molar-refractivity contribution in [2.45, 2.75) is 11.5 Å². The van der Waals surface area contributed by atoms with Gasteiger partial charge in [-0.1, -0.05) is 12.1 Å². The van der Waals surface area contributed by atoms with Crippen LogP contribution in [-0.4, -0.2) is 24.7 Å². The molecule has 1 aromatic carbocycles. The molecule has 0 unspecified atom stereocenters. The zero-order chi connectivity index (χ0) is 15.9. The molecule has 2 rings (SSSR count). The molecule has 0 saturated carbocycles. The van der Waals surface area contributed by atoms with Gasteiger partial charge in [0.1, 0.15) is 13.2 Å². The highest BCUT2D eigenvalue weighted by molar-refractivity contribution is 9.10. The average molecular weight is 384 g/mol. The van der Waals surface area contributed by atoms with Gasteiger partial charge in [-0.2, -0.15) is 0 Å². The minimum absolute atomic E-state index is 0.132. The lowest BCUT2D eigenvalue weighted by Gasteiger charge is -2.06. The van der Waals surface area contributed by atoms with Crippen molar-refractivity contribution in [3.63, 3.8) is 0 Å². The number of hydrogen-bond donors (Lipinski definition) is 1. The standard InChI is InChI=1S/C15H14BrNO4S/c1-22-11-4-2-10(3-5-11)9-20-14(18)8-17-15(19)12-6-7-13(16)21-12/h2-7H,8-9H2,1H3,(H,17,19). The highest BCUT2D eigenvalue weighted by Gasteiger charge is 2.12. The van der Waals surface area contributed by atoms with Crippen molar-refractivity contribution in [1.82, 2.24) is 5.32 Å². The molecule has 0 aliphatic rings. The van der Waals surface area contributed by atoms with Crippen LogP contribution < -0.4 is 5.32 Å². The van der Waals surface area contributed by atoms with Crippen LogP contribution in [0, 0.1) is 0 Å². The lowest BCUT2D eigenvalue weighted by Crippen LogP contribution is -2.30. The third kappa shape index (κ3) is 4.92. The first-order chi connectivity index (χ1) is 10.6. The summed E-state index contributed by atoms with van der Waals surface area (Å²) in [5.41, 5.74) is 0.896. The Labute approximate surface area is 140 Å². The molecule has 0 aliphatic heterocycles. The molecule has 0 spiro atoms. The van der Waals surface area contributed by atoms with Gasteiger partial charge in [-0.05, 0) is 52.0 Å². The van der Waals surface area contributed by atoms with Crippen molar-refractivity contribution in [3.05, 3.63) is 52.4 Å². The summed E-state index contributed by atoms with van der Waals surface area (Å²) < 4.78 is 10.6. The molecular weight excluding hydrogens is 370 g/mol. The maximum absolute atomic E-state index is 11.7. The Morgan fingerprint density at radius 2 is 1.95 bits per heavy atom. The largest absolute Gasteiger partial charge is 0.460 e. The zero-order valence-electron chi connectivity index (χ0n) is 11.8. The van der Waals surface area contributed by atoms with Gasteiger partial charge in [0.25, 0.3) is 5.91 Å². The molecule has 0 aliphatic carbocycles. The van der Waals surface area contributed by atoms with Crippen LogP contribution in [0.1, 0.15) is 16.1 Å². The first-order valence-electron chi connectivity index (χ1n) is 6.40. The molecule has 0 radical (unpaired) electrons. The molecule has 7 heteroatoms. The number of halogens is 1. The molecule has 116 valence electrons. The molecule has 1 amide bonds. The number of hydrogen-bond acceptors (Lipinski definition) is 5. The molecule has 0 atom stereocenters. The minimum atomic E-state index is -0.507. The predicted octanol–water partition coefficient (Wildman–Crippen LogP) is 3.24. The number of ether oxygens (including phenoxy) is 1. The fourth-order valence-corrected chi connectivity index (χ4v) is 2.33. The number of carbonyl (C=O) groups excluding carboxylic acids is 2. The van der Waals surface area contributed by atoms with Crippen LogP contribution >= 0.6 is 27.7 Å². The quantitative estimate of drug-likeness (QED) is 0.612. The van der Waals surface area contributed by atoms with Crippen molar-refractivity contribution >= 4 is 39.6 Å². The Morgan fingerprint density at radius 1 is 1.23 bits per heavy atom. The molecular formula is C15H14BrNO4S. The van der Waals surface area contributed by atoms with Crippen molar-refractivity contribution in [2.75, 3.05) is 12.8 Å². The molecule has 1 N–H and O–H groups in total. The summed E-state index contributed by atoms with van der Waals surface area (Å²) in [5.74, 6) is -0.841. The number of rotatable bonds is 6. The highest BCUT2D eigenvalue weighted by Crippen LogP contribution is 2.15. The zero-order valence-corrected chi connectivity index (χ0v) is 14.2. The maximum atomic E-state index is 11.7. The van der Waals surface area contributed by atoms with Crippen molar-refractivity contribution in [1.29, 1.82) is 0 Å². The molecule has 22 heavy (non-hydrogen) atoms. The summed E-state index contributed by atoms with van der Waals surface area (Å²) in [6, 6.07) is 10.8. The van der Waals surface area contributed by atoms with Crippen LogP contribution in [0.25, 0.3) is 0 Å². The summed E-state index contributed by atoms with van der Waals surface area (Å²) in [6.45, 7) is -0.0320. The molecule has 5 nitrogen and oxygen atoms in total. The van der Waals surface area contributed by atoms with E-state index in [1.165, 1.54) is 6.07 Å². The van der Waals surface area contributed by atoms with Crippen LogP contribution in [0.15, 0.2) is 50.4 Å². The number of furan rings is 1. The topological polar surface area (TPSA) is 68.5 Å². The van der Waals surface area contributed by atoms with E-state index in [2.05, 4.69) is 21.2 Å². The Morgan fingerprint density at radius 3 is 2.55 bits per heavy atom. The van der Waals surface area contributed by atoms with Crippen LogP contribution in [-0.2, 0) is 16.1 Å². The van der Waals surface area contributed by atoms with Gasteiger partial charge in [-0.3, -0.25) is 9.59 Å². The Hall–Kier alpha value is -1.73. The minimum Gasteiger partial charge on any atom is -0.460 e. The van der Waals surface area contributed by atoms with E-state index < -0.39 is 11.9 Å². The molecule has 1 aromatic heterocycles. The number of esters is 1. The average Bonchev–Trinajstić information content (AvgIpc) is 2.97. The Kier molecular flexibility index (Phi) is 6.09. The van der Waals surface area contributed by atoms with Crippen LogP contribution in [0.4, 0.5) is 0 Å². The van der Waals surface area contributed by atoms with E-state index >= 15 is 0 Å². The second kappa shape index (κ2) is 8.05. The first kappa shape index (κ1) is 16.6. The van der Waals surface area contributed by atoms with Gasteiger partial charge in [0.2, 0.25) is 0 Å². The number of benzene rings is 1. The van der Waals surface area contributed by atoms with Gasteiger partial charge in [0.15, 0.2) is 10.4 Å². The van der Waals surface area contributed by atoms with E-state index in [-0.39, 0.29) is 18.9 Å². The van der Waals surface area contributed by atoms with Crippen molar-refractivity contribution in [2.24, 2.45) is 0 Å². The highest BCUT2D eigenvalue weighted by atomic mass is 79.9. The van der Waals surface area contributed by atoms with Gasteiger partial charge < -0.3 is 14.5 Å². The van der Waals surface area contributed by atoms with E-state index in [1.54, 1.807) is 17.8 Å². The van der Waals surface area contributed by atoms with E-state index in [0.717, 1.165) is 10.5 Å². The maximum Gasteiger partial charge on any atom is 0.325 e. The van der Waals surface area contributed by atoms with Crippen molar-refractivity contribution in [3.8, 4) is 0 Å². The molecule has 0 saturated heterocycles. The third-order valence-electron chi connectivity index (χ3n) is 2.75. The van der Waals surface area contributed by atoms with Gasteiger partial charge in [-0.25, -0.2) is 0 Å². The Balaban J connectivity index is 1.74. The molecule has 0 fully saturated rings. The molecule has 1 heterocycles. The predicted molar refractivity (Wildman–Crippen MR) is 86.8 cm³/mol. The van der Waals surface area contributed by atoms with E-state index in [1.807, 2.05) is 30.5 Å². The van der Waals surface area contributed by atoms with Crippen LogP contribution in [0.3, 0.4) is 0 Å². The fraction of sp³-hybridized carbons (Fsp3) is 0.200. The summed E-state index contributed by atoms with van der Waals surface area (Å²) >= 11 is 4.75. The van der Waals surface area contributed by atoms with E-state index in [9.17, 15) is 9.59 Å². The fourth-order valence-electron chi connectivity index (χ4n) is 1.61. The smallest absolute Gasteiger partial charge is 0.325 e. The SMILES string of the molecule is CSc1ccc(COC(=O)CNC(=O)c2ccc(Br)o2)cc1. The van der Waals surface area contributed by atoms with E-state index in [0.29, 0.717) is 4.67 Å². The summed E-state index contributed by atoms with van der Waals surface area (Å²) in [6.07, 6.45) is 2.00. The Bertz CT molecular complexity index is 654. The second-order valence-electron chi connectivity index (χ2n) is 4.30. The first-order valence-corrected chi connectivity index (χ1v) is 8.42. The van der Waals surface area contributed by atoms with Gasteiger partial charge in [0, 0.05) is 4.90 Å². The lowest BCUT2D eigenvalue weighted by molar-refractivity contribution is -0.143. The normalized spacial score (nSPS) is 10.3. The summed E-state index contributed by atoms with van der Waals surface area (Å²) in [5, 5.41) is 2.44. The number of carbonyl (C=O) groups is 2. The second-order valence-corrected chi connectivity index (χ2v) is 5.96. The third-order valence-corrected chi connectivity index (χ3v) is 3.92. The molecule has 2 aromatic rings. The van der Waals surface area contributed by atoms with Gasteiger partial charge >= 0.3 is 5.97 Å². The monoisotopic (exact) mass is 383 g/mol.